The Labute approximate surface area is 636 Å². The van der Waals surface area contributed by atoms with Gasteiger partial charge in [-0.1, -0.05) is 193 Å². The summed E-state index contributed by atoms with van der Waals surface area (Å²) in [6.07, 6.45) is -0.508. The predicted molar refractivity (Wildman–Crippen MR) is 413 cm³/mol. The number of aryl methyl sites for hydroxylation is 1. The van der Waals surface area contributed by atoms with E-state index in [4.69, 9.17) is 19.6 Å². The first-order valence-corrected chi connectivity index (χ1v) is 38.2. The molecule has 0 unspecified atom stereocenters. The van der Waals surface area contributed by atoms with Crippen LogP contribution in [0.1, 0.15) is 93.2 Å². The third-order valence-electron chi connectivity index (χ3n) is 18.0. The summed E-state index contributed by atoms with van der Waals surface area (Å²) in [4.78, 5) is 131. The van der Waals surface area contributed by atoms with Crippen LogP contribution in [0.25, 0.3) is 21.5 Å². The molecule has 8 aromatic carbocycles. The molecule has 1 aliphatic rings. The first kappa shape index (κ1) is 81.1. The average Bonchev–Trinajstić information content (AvgIpc) is 1.25. The number of sulfonamides is 1. The average molecular weight is 1560 g/mol. The zero-order valence-electron chi connectivity index (χ0n) is 60.9. The van der Waals surface area contributed by atoms with Crippen LogP contribution in [0.3, 0.4) is 0 Å². The van der Waals surface area contributed by atoms with E-state index >= 15 is 19.2 Å². The van der Waals surface area contributed by atoms with Gasteiger partial charge in [-0.05, 0) is 126 Å². The monoisotopic (exact) mass is 1550 g/mol. The highest BCUT2D eigenvalue weighted by Gasteiger charge is 2.39. The van der Waals surface area contributed by atoms with Gasteiger partial charge in [0, 0.05) is 55.9 Å². The van der Waals surface area contributed by atoms with Gasteiger partial charge in [0.15, 0.2) is 0 Å². The molecule has 108 heavy (non-hydrogen) atoms. The van der Waals surface area contributed by atoms with Gasteiger partial charge in [0.1, 0.15) is 54.6 Å². The molecule has 1 heterocycles. The van der Waals surface area contributed by atoms with Crippen molar-refractivity contribution in [1.82, 2.24) is 52.2 Å². The number of nitrogens with one attached hydrogen (secondary N) is 10. The maximum absolute atomic E-state index is 15.6. The van der Waals surface area contributed by atoms with Gasteiger partial charge in [-0.2, -0.15) is 0 Å². The zero-order valence-corrected chi connectivity index (χ0v) is 63.3. The Morgan fingerprint density at radius 2 is 1.08 bits per heavy atom. The summed E-state index contributed by atoms with van der Waals surface area (Å²) in [6.45, 7) is 8.43. The quantitative estimate of drug-likeness (QED) is 0.00586. The van der Waals surface area contributed by atoms with E-state index < -0.39 is 112 Å². The summed E-state index contributed by atoms with van der Waals surface area (Å²) >= 11 is 3.45. The number of fused-ring (bicyclic) bond motifs is 2. The first-order valence-electron chi connectivity index (χ1n) is 35.9. The van der Waals surface area contributed by atoms with Gasteiger partial charge in [-0.3, -0.25) is 43.8 Å². The molecular weight excluding hydrogens is 1460 g/mol. The minimum absolute atomic E-state index is 0.00470. The number of amides is 8. The lowest BCUT2D eigenvalue weighted by molar-refractivity contribution is -0.142. The minimum atomic E-state index is -4.14. The molecule has 0 spiro atoms. The minimum Gasteiger partial charge on any atom is -0.429 e. The Hall–Kier alpha value is -11.0. The number of likely N-dealkylation sites (N-methyl/N-ethyl adjacent to an activating group) is 1. The van der Waals surface area contributed by atoms with Gasteiger partial charge < -0.3 is 61.6 Å². The van der Waals surface area contributed by atoms with Crippen LogP contribution in [0, 0.1) is 18.3 Å². The molecule has 1 aliphatic heterocycles. The summed E-state index contributed by atoms with van der Waals surface area (Å²) in [5, 5.41) is 34.6. The molecule has 9 rings (SSSR count). The fraction of sp³-hybridized carbons (Fsp3) is 0.333. The molecule has 8 amide bonds. The normalized spacial score (nSPS) is 14.4. The van der Waals surface area contributed by atoms with Crippen LogP contribution in [0.4, 0.5) is 4.79 Å². The molecule has 27 heteroatoms. The van der Waals surface area contributed by atoms with Crippen molar-refractivity contribution in [2.45, 2.75) is 146 Å². The number of hydrogen-bond acceptors (Lipinski definition) is 15. The van der Waals surface area contributed by atoms with E-state index in [0.717, 1.165) is 37.1 Å². The molecule has 25 nitrogen and oxygen atoms in total. The number of halogens is 1. The van der Waals surface area contributed by atoms with Gasteiger partial charge in [-0.25, -0.2) is 17.9 Å². The van der Waals surface area contributed by atoms with Crippen LogP contribution in [0.2, 0.25) is 0 Å². The third kappa shape index (κ3) is 24.2. The van der Waals surface area contributed by atoms with Crippen molar-refractivity contribution in [2.24, 2.45) is 5.92 Å². The van der Waals surface area contributed by atoms with E-state index in [1.807, 2.05) is 136 Å². The predicted octanol–water partition coefficient (Wildman–Crippen LogP) is 8.41. The summed E-state index contributed by atoms with van der Waals surface area (Å²) in [5.74, 6) is -6.33. The standard InChI is InChI=1S/C81H92BrN11O14S/c1-6-84-78(100)72-27-17-41-93(72)79(101)66(26-16-40-85-80(83)92-108(103,104)64-38-28-52(4)29-39-64)87-73(95)67(42-51(2)3)88-76(98)70(47-57-31-35-59-21-11-13-23-61(59)44-57)89-75(97)69(45-54-32-36-63(37-33-54)107-81(102)106-49-62-24-14-15-25-65(62)82)90-77(99)71(50-105-48-55-18-8-7-9-19-55)91-74(96)68(86-53(5)94)46-56-30-34-58-20-10-12-22-60(58)43-56/h7-15,18-25,28-39,43-44,51,66-72H,6,16-17,26-27,40-42,45-50H2,1-5H3,(H,84,100)(H,86,94)(H,87,95)(H,88,98)(H,89,97)(H,90,99)(H,91,96)(H3,83,85,92)/t66-,67-,68+,69-,70+,71-,72-/m0/s1. The van der Waals surface area contributed by atoms with Gasteiger partial charge >= 0.3 is 6.16 Å². The summed E-state index contributed by atoms with van der Waals surface area (Å²) in [6, 6.07) is 45.5. The molecule has 1 saturated heterocycles. The highest BCUT2D eigenvalue weighted by molar-refractivity contribution is 9.10. The SMILES string of the molecule is CCNC(=O)[C@@H]1CCCN1C(=O)[C@H](CCCNC(=N)NS(=O)(=O)c1ccc(C)cc1)NC(=O)[C@H](CC(C)C)NC(=O)[C@@H](Cc1ccc2ccccc2c1)NC(=O)[C@H](Cc1ccc(OC(=O)OCc2ccccc2Br)cc1)NC(=O)[C@H](COCc1ccccc1)NC(=O)[C@@H](Cc1ccc2ccccc2c1)NC(C)=O. The fourth-order valence-electron chi connectivity index (χ4n) is 12.5. The number of carbonyl (C=O) groups excluding carboxylic acids is 9. The first-order chi connectivity index (χ1) is 51.9. The van der Waals surface area contributed by atoms with Gasteiger partial charge in [0.05, 0.1) is 18.1 Å². The highest BCUT2D eigenvalue weighted by Crippen LogP contribution is 2.24. The second-order valence-corrected chi connectivity index (χ2v) is 29.5. The number of hydrogen-bond donors (Lipinski definition) is 10. The molecule has 568 valence electrons. The molecule has 0 saturated carbocycles. The molecule has 0 aliphatic carbocycles. The number of benzene rings is 8. The van der Waals surface area contributed by atoms with Crippen molar-refractivity contribution in [3.63, 3.8) is 0 Å². The molecular formula is C81H92BrN11O14S. The van der Waals surface area contributed by atoms with Crippen molar-refractivity contribution in [3.8, 4) is 5.75 Å². The van der Waals surface area contributed by atoms with E-state index in [9.17, 15) is 32.4 Å². The van der Waals surface area contributed by atoms with Crippen LogP contribution < -0.4 is 52.0 Å². The zero-order chi connectivity index (χ0) is 77.3. The lowest BCUT2D eigenvalue weighted by atomic mass is 9.98. The Kier molecular flexibility index (Phi) is 29.7. The molecule has 0 bridgehead atoms. The van der Waals surface area contributed by atoms with Crippen LogP contribution in [0.15, 0.2) is 197 Å². The van der Waals surface area contributed by atoms with Crippen LogP contribution in [0.5, 0.6) is 5.75 Å². The number of rotatable bonds is 35. The maximum Gasteiger partial charge on any atom is 0.514 e. The summed E-state index contributed by atoms with van der Waals surface area (Å²) in [5.41, 5.74) is 3.99. The second kappa shape index (κ2) is 39.5. The number of nitrogens with zero attached hydrogens (tertiary/aromatic N) is 1. The lowest BCUT2D eigenvalue weighted by Gasteiger charge is -2.31. The molecule has 10 N–H and O–H groups in total. The van der Waals surface area contributed by atoms with Crippen molar-refractivity contribution in [3.05, 3.63) is 226 Å². The van der Waals surface area contributed by atoms with E-state index in [1.54, 1.807) is 55.5 Å². The Balaban J connectivity index is 1.01. The van der Waals surface area contributed by atoms with E-state index in [-0.39, 0.29) is 87.3 Å². The van der Waals surface area contributed by atoms with Crippen molar-refractivity contribution >= 4 is 107 Å². The second-order valence-electron chi connectivity index (χ2n) is 27.0. The Morgan fingerprint density at radius 1 is 0.565 bits per heavy atom. The van der Waals surface area contributed by atoms with Gasteiger partial charge in [-0.15, -0.1) is 0 Å². The number of carbonyl (C=O) groups is 9. The van der Waals surface area contributed by atoms with Crippen molar-refractivity contribution in [1.29, 1.82) is 5.41 Å². The Bertz CT molecular complexity index is 4610. The summed E-state index contributed by atoms with van der Waals surface area (Å²) in [7, 11) is -4.14. The van der Waals surface area contributed by atoms with Crippen LogP contribution >= 0.6 is 15.9 Å². The fourth-order valence-corrected chi connectivity index (χ4v) is 13.9. The number of likely N-dealkylation sites (tertiary alicyclic amines) is 1. The van der Waals surface area contributed by atoms with E-state index in [1.165, 1.54) is 36.1 Å². The smallest absolute Gasteiger partial charge is 0.429 e. The molecule has 8 aromatic rings. The molecule has 1 fully saturated rings. The van der Waals surface area contributed by atoms with Crippen molar-refractivity contribution < 1.29 is 65.8 Å². The van der Waals surface area contributed by atoms with E-state index in [2.05, 4.69) is 63.2 Å². The maximum atomic E-state index is 15.6. The van der Waals surface area contributed by atoms with Gasteiger partial charge in [0.2, 0.25) is 53.2 Å². The molecule has 0 radical (unpaired) electrons. The van der Waals surface area contributed by atoms with Crippen molar-refractivity contribution in [2.75, 3.05) is 26.2 Å². The summed E-state index contributed by atoms with van der Waals surface area (Å²) < 4.78 is 46.3. The van der Waals surface area contributed by atoms with Crippen LogP contribution in [-0.2, 0) is 90.3 Å². The number of guanidine groups is 1. The highest BCUT2D eigenvalue weighted by atomic mass is 79.9. The third-order valence-corrected chi connectivity index (χ3v) is 20.2. The van der Waals surface area contributed by atoms with Gasteiger partial charge in [0.25, 0.3) is 10.0 Å². The molecule has 7 atom stereocenters. The van der Waals surface area contributed by atoms with E-state index in [0.29, 0.717) is 41.6 Å². The lowest BCUT2D eigenvalue weighted by Crippen LogP contribution is -2.61. The van der Waals surface area contributed by atoms with Crippen LogP contribution in [-0.4, -0.2) is 141 Å². The Morgan fingerprint density at radius 3 is 1.68 bits per heavy atom. The topological polar surface area (TPSA) is 351 Å². The number of ether oxygens (including phenoxy) is 3. The largest absolute Gasteiger partial charge is 0.514 e. The molecule has 0 aromatic heterocycles.